The number of carbonyl (C=O) groups excluding carboxylic acids is 1. The lowest BCUT2D eigenvalue weighted by molar-refractivity contribution is -0.0814. The van der Waals surface area contributed by atoms with Crippen LogP contribution in [0, 0.1) is 0 Å². The fourth-order valence-electron chi connectivity index (χ4n) is 2.37. The molecule has 0 radical (unpaired) electrons. The van der Waals surface area contributed by atoms with Crippen molar-refractivity contribution in [3.63, 3.8) is 0 Å². The number of carbonyl (C=O) groups is 1. The first-order valence-electron chi connectivity index (χ1n) is 6.29. The highest BCUT2D eigenvalue weighted by molar-refractivity contribution is 5.69. The van der Waals surface area contributed by atoms with Gasteiger partial charge in [-0.1, -0.05) is 0 Å². The van der Waals surface area contributed by atoms with E-state index in [-0.39, 0.29) is 11.6 Å². The van der Waals surface area contributed by atoms with Gasteiger partial charge in [0.1, 0.15) is 5.60 Å². The summed E-state index contributed by atoms with van der Waals surface area (Å²) in [5.74, 6) is 0. The van der Waals surface area contributed by atoms with Crippen LogP contribution in [0.4, 0.5) is 4.79 Å². The topological polar surface area (TPSA) is 58.8 Å². The number of nitrogens with zero attached hydrogens (tertiary/aromatic N) is 2. The van der Waals surface area contributed by atoms with Crippen LogP contribution in [0.5, 0.6) is 0 Å². The molecule has 2 N–H and O–H groups in total. The van der Waals surface area contributed by atoms with Crippen LogP contribution in [0.3, 0.4) is 0 Å². The van der Waals surface area contributed by atoms with E-state index in [9.17, 15) is 4.79 Å². The summed E-state index contributed by atoms with van der Waals surface area (Å²) in [6.45, 7) is 9.91. The van der Waals surface area contributed by atoms with Crippen LogP contribution in [0.25, 0.3) is 0 Å². The maximum absolute atomic E-state index is 11.8. The van der Waals surface area contributed by atoms with E-state index in [4.69, 9.17) is 10.5 Å². The number of amides is 1. The Morgan fingerprint density at radius 2 is 1.94 bits per heavy atom. The molecule has 0 aliphatic carbocycles. The summed E-state index contributed by atoms with van der Waals surface area (Å²) in [6, 6.07) is 0. The molecular weight excluding hydrogens is 218 g/mol. The Morgan fingerprint density at radius 3 is 2.29 bits per heavy atom. The van der Waals surface area contributed by atoms with Crippen molar-refractivity contribution in [3.05, 3.63) is 0 Å². The molecule has 0 saturated carbocycles. The molecule has 0 aromatic rings. The first-order chi connectivity index (χ1) is 7.86. The summed E-state index contributed by atoms with van der Waals surface area (Å²) >= 11 is 0. The number of likely N-dealkylation sites (tertiary alicyclic amines) is 2. The lowest BCUT2D eigenvalue weighted by atomic mass is 9.85. The van der Waals surface area contributed by atoms with Crippen molar-refractivity contribution in [2.75, 3.05) is 32.7 Å². The molecule has 98 valence electrons. The number of hydrogen-bond acceptors (Lipinski definition) is 4. The van der Waals surface area contributed by atoms with Crippen molar-refractivity contribution in [2.24, 2.45) is 5.73 Å². The minimum absolute atomic E-state index is 0.0230. The lowest BCUT2D eigenvalue weighted by Crippen LogP contribution is -2.76. The molecular formula is C12H23N3O2. The van der Waals surface area contributed by atoms with Gasteiger partial charge < -0.3 is 15.4 Å². The van der Waals surface area contributed by atoms with E-state index in [1.807, 2.05) is 20.8 Å². The van der Waals surface area contributed by atoms with Crippen molar-refractivity contribution in [3.8, 4) is 0 Å². The molecule has 0 atom stereocenters. The second kappa shape index (κ2) is 4.14. The van der Waals surface area contributed by atoms with Crippen LogP contribution >= 0.6 is 0 Å². The molecule has 2 saturated heterocycles. The van der Waals surface area contributed by atoms with E-state index in [1.165, 1.54) is 6.42 Å². The SMILES string of the molecule is CC(C)(C)OC(=O)N1CC(CN)(N2CCC2)C1. The van der Waals surface area contributed by atoms with E-state index in [2.05, 4.69) is 4.90 Å². The molecule has 0 spiro atoms. The number of rotatable bonds is 2. The largest absolute Gasteiger partial charge is 0.444 e. The molecule has 2 rings (SSSR count). The zero-order valence-electron chi connectivity index (χ0n) is 11.0. The fourth-order valence-corrected chi connectivity index (χ4v) is 2.37. The third kappa shape index (κ3) is 2.40. The predicted molar refractivity (Wildman–Crippen MR) is 65.8 cm³/mol. The van der Waals surface area contributed by atoms with Gasteiger partial charge in [0.15, 0.2) is 0 Å². The zero-order chi connectivity index (χ0) is 12.7. The van der Waals surface area contributed by atoms with Crippen LogP contribution in [-0.4, -0.2) is 59.8 Å². The molecule has 2 aliphatic rings. The van der Waals surface area contributed by atoms with Gasteiger partial charge in [-0.05, 0) is 27.2 Å². The van der Waals surface area contributed by atoms with E-state index >= 15 is 0 Å². The first kappa shape index (κ1) is 12.6. The molecule has 0 aromatic carbocycles. The summed E-state index contributed by atoms with van der Waals surface area (Å²) in [5, 5.41) is 0. The predicted octanol–water partition coefficient (Wildman–Crippen LogP) is 0.640. The number of hydrogen-bond donors (Lipinski definition) is 1. The summed E-state index contributed by atoms with van der Waals surface area (Å²) in [7, 11) is 0. The molecule has 2 heterocycles. The van der Waals surface area contributed by atoms with Gasteiger partial charge in [-0.15, -0.1) is 0 Å². The Kier molecular flexibility index (Phi) is 3.08. The van der Waals surface area contributed by atoms with Crippen LogP contribution in [0.1, 0.15) is 27.2 Å². The molecule has 17 heavy (non-hydrogen) atoms. The average Bonchev–Trinajstić information content (AvgIpc) is 2.03. The maximum Gasteiger partial charge on any atom is 0.410 e. The van der Waals surface area contributed by atoms with Crippen molar-refractivity contribution >= 4 is 6.09 Å². The van der Waals surface area contributed by atoms with Crippen LogP contribution in [-0.2, 0) is 4.74 Å². The fraction of sp³-hybridized carbons (Fsp3) is 0.917. The Bertz CT molecular complexity index is 301. The molecule has 0 unspecified atom stereocenters. The highest BCUT2D eigenvalue weighted by atomic mass is 16.6. The standard InChI is InChI=1S/C12H23N3O2/c1-11(2,3)17-10(16)14-8-12(7-13,9-14)15-5-4-6-15/h4-9,13H2,1-3H3. The molecule has 1 amide bonds. The minimum Gasteiger partial charge on any atom is -0.444 e. The number of ether oxygens (including phenoxy) is 1. The Morgan fingerprint density at radius 1 is 1.35 bits per heavy atom. The molecule has 0 aromatic heterocycles. The van der Waals surface area contributed by atoms with E-state index < -0.39 is 5.60 Å². The minimum atomic E-state index is -0.422. The van der Waals surface area contributed by atoms with Crippen molar-refractivity contribution < 1.29 is 9.53 Å². The summed E-state index contributed by atoms with van der Waals surface area (Å²) < 4.78 is 5.34. The van der Waals surface area contributed by atoms with Crippen LogP contribution < -0.4 is 5.73 Å². The average molecular weight is 241 g/mol. The molecule has 5 heteroatoms. The molecule has 5 nitrogen and oxygen atoms in total. The van der Waals surface area contributed by atoms with Gasteiger partial charge in [-0.3, -0.25) is 4.90 Å². The summed E-state index contributed by atoms with van der Waals surface area (Å²) in [4.78, 5) is 15.9. The van der Waals surface area contributed by atoms with Crippen molar-refractivity contribution in [2.45, 2.75) is 38.3 Å². The van der Waals surface area contributed by atoms with Crippen LogP contribution in [0.2, 0.25) is 0 Å². The second-order valence-corrected chi connectivity index (χ2v) is 6.11. The molecule has 2 aliphatic heterocycles. The van der Waals surface area contributed by atoms with Crippen LogP contribution in [0.15, 0.2) is 0 Å². The third-order valence-corrected chi connectivity index (χ3v) is 3.53. The zero-order valence-corrected chi connectivity index (χ0v) is 11.0. The van der Waals surface area contributed by atoms with E-state index in [1.54, 1.807) is 4.90 Å². The van der Waals surface area contributed by atoms with Gasteiger partial charge in [0.25, 0.3) is 0 Å². The maximum atomic E-state index is 11.8. The van der Waals surface area contributed by atoms with Gasteiger partial charge >= 0.3 is 6.09 Å². The first-order valence-corrected chi connectivity index (χ1v) is 6.29. The Labute approximate surface area is 103 Å². The second-order valence-electron chi connectivity index (χ2n) is 6.11. The van der Waals surface area contributed by atoms with Crippen molar-refractivity contribution in [1.29, 1.82) is 0 Å². The monoisotopic (exact) mass is 241 g/mol. The van der Waals surface area contributed by atoms with E-state index in [0.717, 1.165) is 13.1 Å². The molecule has 2 fully saturated rings. The number of nitrogens with two attached hydrogens (primary N) is 1. The Hall–Kier alpha value is -0.810. The summed E-state index contributed by atoms with van der Waals surface area (Å²) in [5.41, 5.74) is 5.45. The van der Waals surface area contributed by atoms with Gasteiger partial charge in [0.05, 0.1) is 5.54 Å². The Balaban J connectivity index is 1.86. The quantitative estimate of drug-likeness (QED) is 0.771. The van der Waals surface area contributed by atoms with Gasteiger partial charge in [0, 0.05) is 32.7 Å². The van der Waals surface area contributed by atoms with Gasteiger partial charge in [-0.2, -0.15) is 0 Å². The molecule has 0 bridgehead atoms. The van der Waals surface area contributed by atoms with Gasteiger partial charge in [-0.25, -0.2) is 4.79 Å². The summed E-state index contributed by atoms with van der Waals surface area (Å²) in [6.07, 6.45) is 1.02. The van der Waals surface area contributed by atoms with Crippen molar-refractivity contribution in [1.82, 2.24) is 9.80 Å². The normalized spacial score (nSPS) is 23.9. The van der Waals surface area contributed by atoms with E-state index in [0.29, 0.717) is 19.6 Å². The lowest BCUT2D eigenvalue weighted by Gasteiger charge is -2.58. The highest BCUT2D eigenvalue weighted by Crippen LogP contribution is 2.31. The van der Waals surface area contributed by atoms with Gasteiger partial charge in [0.2, 0.25) is 0 Å². The highest BCUT2D eigenvalue weighted by Gasteiger charge is 2.50. The smallest absolute Gasteiger partial charge is 0.410 e. The third-order valence-electron chi connectivity index (χ3n) is 3.53.